The first-order chi connectivity index (χ1) is 15.8. The summed E-state index contributed by atoms with van der Waals surface area (Å²) < 4.78 is 3.08. The third-order valence-corrected chi connectivity index (χ3v) is 8.04. The number of thioether (sulfide) groups is 1. The van der Waals surface area contributed by atoms with Gasteiger partial charge in [0.05, 0.1) is 11.4 Å². The van der Waals surface area contributed by atoms with Gasteiger partial charge >= 0.3 is 0 Å². The van der Waals surface area contributed by atoms with Crippen molar-refractivity contribution < 1.29 is 4.79 Å². The zero-order valence-corrected chi connectivity index (χ0v) is 22.0. The van der Waals surface area contributed by atoms with Crippen LogP contribution in [0.1, 0.15) is 44.2 Å². The lowest BCUT2D eigenvalue weighted by atomic mass is 9.78. The van der Waals surface area contributed by atoms with Crippen molar-refractivity contribution in [2.75, 3.05) is 5.75 Å². The maximum absolute atomic E-state index is 12.8. The number of aromatic nitrogens is 3. The molecule has 1 amide bonds. The van der Waals surface area contributed by atoms with Crippen molar-refractivity contribution in [3.05, 3.63) is 58.1 Å². The Morgan fingerprint density at radius 3 is 2.48 bits per heavy atom. The zero-order chi connectivity index (χ0) is 23.5. The Morgan fingerprint density at radius 1 is 1.09 bits per heavy atom. The first kappa shape index (κ1) is 24.0. The van der Waals surface area contributed by atoms with E-state index in [4.69, 9.17) is 0 Å². The number of aryl methyl sites for hydroxylation is 2. The Bertz CT molecular complexity index is 1110. The molecule has 0 unspecified atom stereocenters. The maximum Gasteiger partial charge on any atom is 0.230 e. The molecular weight excluding hydrogens is 496 g/mol. The van der Waals surface area contributed by atoms with Crippen LogP contribution in [0.25, 0.3) is 17.1 Å². The van der Waals surface area contributed by atoms with E-state index >= 15 is 0 Å². The van der Waals surface area contributed by atoms with Gasteiger partial charge in [-0.15, -0.1) is 10.2 Å². The van der Waals surface area contributed by atoms with E-state index in [0.29, 0.717) is 17.6 Å². The summed E-state index contributed by atoms with van der Waals surface area (Å²) in [5.41, 5.74) is 4.34. The minimum Gasteiger partial charge on any atom is -0.352 e. The van der Waals surface area contributed by atoms with E-state index in [1.54, 1.807) is 0 Å². The second kappa shape index (κ2) is 10.4. The van der Waals surface area contributed by atoms with Gasteiger partial charge in [0.25, 0.3) is 0 Å². The van der Waals surface area contributed by atoms with E-state index in [2.05, 4.69) is 81.9 Å². The first-order valence-electron chi connectivity index (χ1n) is 11.5. The van der Waals surface area contributed by atoms with Crippen molar-refractivity contribution >= 4 is 33.6 Å². The average molecular weight is 528 g/mol. The van der Waals surface area contributed by atoms with Gasteiger partial charge in [-0.2, -0.15) is 0 Å². The largest absolute Gasteiger partial charge is 0.352 e. The molecular formula is C26H31BrN4OS. The van der Waals surface area contributed by atoms with Crippen LogP contribution in [0.2, 0.25) is 0 Å². The molecule has 0 spiro atoms. The fourth-order valence-corrected chi connectivity index (χ4v) is 5.65. The molecule has 2 aromatic carbocycles. The molecule has 3 aromatic rings. The minimum atomic E-state index is 0.0612. The molecule has 5 nitrogen and oxygen atoms in total. The van der Waals surface area contributed by atoms with Gasteiger partial charge in [-0.1, -0.05) is 72.6 Å². The minimum absolute atomic E-state index is 0.0612. The predicted octanol–water partition coefficient (Wildman–Crippen LogP) is 6.35. The highest BCUT2D eigenvalue weighted by molar-refractivity contribution is 9.10. The van der Waals surface area contributed by atoms with Gasteiger partial charge in [0.15, 0.2) is 11.0 Å². The lowest BCUT2D eigenvalue weighted by molar-refractivity contribution is -0.120. The fraction of sp³-hybridized carbons (Fsp3) is 0.423. The molecule has 1 saturated carbocycles. The Kier molecular flexibility index (Phi) is 7.59. The smallest absolute Gasteiger partial charge is 0.230 e. The molecule has 4 rings (SSSR count). The molecule has 1 heterocycles. The third-order valence-electron chi connectivity index (χ3n) is 6.59. The zero-order valence-electron chi connectivity index (χ0n) is 19.6. The molecule has 3 atom stereocenters. The number of rotatable bonds is 6. The third kappa shape index (κ3) is 5.69. The van der Waals surface area contributed by atoms with Crippen LogP contribution in [0.15, 0.2) is 52.1 Å². The van der Waals surface area contributed by atoms with Crippen molar-refractivity contribution in [3.63, 3.8) is 0 Å². The van der Waals surface area contributed by atoms with Crippen LogP contribution >= 0.6 is 27.7 Å². The number of halogens is 1. The second-order valence-electron chi connectivity index (χ2n) is 9.22. The number of benzene rings is 2. The normalized spacial score (nSPS) is 20.6. The van der Waals surface area contributed by atoms with Gasteiger partial charge in [-0.25, -0.2) is 0 Å². The molecule has 0 bridgehead atoms. The number of carbonyl (C=O) groups is 1. The van der Waals surface area contributed by atoms with E-state index in [0.717, 1.165) is 33.1 Å². The molecule has 0 aliphatic heterocycles. The first-order valence-corrected chi connectivity index (χ1v) is 13.3. The van der Waals surface area contributed by atoms with Crippen molar-refractivity contribution in [2.24, 2.45) is 11.8 Å². The van der Waals surface area contributed by atoms with Crippen LogP contribution in [0.3, 0.4) is 0 Å². The summed E-state index contributed by atoms with van der Waals surface area (Å²) in [5.74, 6) is 2.31. The average Bonchev–Trinajstić information content (AvgIpc) is 3.19. The standard InChI is InChI=1S/C26H31BrN4OS/c1-16-12-17(2)14-22(13-16)31-25(20-8-10-21(27)11-9-20)29-30-26(31)33-15-24(32)28-23-7-5-6-18(3)19(23)4/h8-14,18-19,23H,5-7,15H2,1-4H3,(H,28,32)/t18-,19-,23-/m0/s1. The van der Waals surface area contributed by atoms with Gasteiger partial charge in [0, 0.05) is 16.1 Å². The maximum atomic E-state index is 12.8. The summed E-state index contributed by atoms with van der Waals surface area (Å²) in [6.07, 6.45) is 3.50. The number of hydrogen-bond acceptors (Lipinski definition) is 4. The van der Waals surface area contributed by atoms with E-state index < -0.39 is 0 Å². The van der Waals surface area contributed by atoms with Crippen LogP contribution < -0.4 is 5.32 Å². The summed E-state index contributed by atoms with van der Waals surface area (Å²) in [4.78, 5) is 12.8. The summed E-state index contributed by atoms with van der Waals surface area (Å²) in [7, 11) is 0. The highest BCUT2D eigenvalue weighted by atomic mass is 79.9. The van der Waals surface area contributed by atoms with E-state index in [9.17, 15) is 4.79 Å². The van der Waals surface area contributed by atoms with E-state index in [1.165, 1.54) is 35.7 Å². The Balaban J connectivity index is 1.59. The Hall–Kier alpha value is -2.12. The van der Waals surface area contributed by atoms with Gasteiger partial charge in [0.1, 0.15) is 0 Å². The van der Waals surface area contributed by atoms with Crippen molar-refractivity contribution in [1.29, 1.82) is 0 Å². The molecule has 7 heteroatoms. The van der Waals surface area contributed by atoms with Crippen LogP contribution in [-0.2, 0) is 4.79 Å². The molecule has 0 saturated heterocycles. The summed E-state index contributed by atoms with van der Waals surface area (Å²) in [6.45, 7) is 8.72. The predicted molar refractivity (Wildman–Crippen MR) is 139 cm³/mol. The van der Waals surface area contributed by atoms with Gasteiger partial charge in [-0.05, 0) is 67.5 Å². The molecule has 1 aliphatic rings. The van der Waals surface area contributed by atoms with Gasteiger partial charge < -0.3 is 5.32 Å². The molecule has 174 valence electrons. The molecule has 0 radical (unpaired) electrons. The highest BCUT2D eigenvalue weighted by Crippen LogP contribution is 2.31. The molecule has 33 heavy (non-hydrogen) atoms. The van der Waals surface area contributed by atoms with Crippen LogP contribution in [-0.4, -0.2) is 32.5 Å². The molecule has 1 aromatic heterocycles. The van der Waals surface area contributed by atoms with E-state index in [1.807, 2.05) is 24.3 Å². The van der Waals surface area contributed by atoms with Gasteiger partial charge in [-0.3, -0.25) is 9.36 Å². The Morgan fingerprint density at radius 2 is 1.79 bits per heavy atom. The number of hydrogen-bond donors (Lipinski definition) is 1. The second-order valence-corrected chi connectivity index (χ2v) is 11.1. The summed E-state index contributed by atoms with van der Waals surface area (Å²) >= 11 is 4.94. The highest BCUT2D eigenvalue weighted by Gasteiger charge is 2.28. The lowest BCUT2D eigenvalue weighted by Gasteiger charge is -2.34. The van der Waals surface area contributed by atoms with Crippen LogP contribution in [0.4, 0.5) is 0 Å². The Labute approximate surface area is 208 Å². The number of nitrogens with zero attached hydrogens (tertiary/aromatic N) is 3. The monoisotopic (exact) mass is 526 g/mol. The topological polar surface area (TPSA) is 59.8 Å². The van der Waals surface area contributed by atoms with Crippen molar-refractivity contribution in [3.8, 4) is 17.1 Å². The summed E-state index contributed by atoms with van der Waals surface area (Å²) in [6, 6.07) is 14.7. The van der Waals surface area contributed by atoms with Crippen molar-refractivity contribution in [1.82, 2.24) is 20.1 Å². The molecule has 1 N–H and O–H groups in total. The van der Waals surface area contributed by atoms with Crippen molar-refractivity contribution in [2.45, 2.75) is 58.2 Å². The number of amides is 1. The lowest BCUT2D eigenvalue weighted by Crippen LogP contribution is -2.44. The van der Waals surface area contributed by atoms with E-state index in [-0.39, 0.29) is 11.9 Å². The molecule has 1 aliphatic carbocycles. The fourth-order valence-electron chi connectivity index (χ4n) is 4.63. The number of carbonyl (C=O) groups excluding carboxylic acids is 1. The molecule has 1 fully saturated rings. The number of nitrogens with one attached hydrogen (secondary N) is 1. The summed E-state index contributed by atoms with van der Waals surface area (Å²) in [5, 5.41) is 13.0. The van der Waals surface area contributed by atoms with Gasteiger partial charge in [0.2, 0.25) is 5.91 Å². The van der Waals surface area contributed by atoms with Crippen LogP contribution in [0, 0.1) is 25.7 Å². The van der Waals surface area contributed by atoms with Crippen LogP contribution in [0.5, 0.6) is 0 Å². The quantitative estimate of drug-likeness (QED) is 0.380. The SMILES string of the molecule is Cc1cc(C)cc(-n2c(SCC(=O)N[C@H]3CCC[C@H](C)[C@@H]3C)nnc2-c2ccc(Br)cc2)c1.